The van der Waals surface area contributed by atoms with Crippen molar-refractivity contribution in [1.82, 2.24) is 10.7 Å². The van der Waals surface area contributed by atoms with Crippen LogP contribution in [-0.4, -0.2) is 24.6 Å². The van der Waals surface area contributed by atoms with Crippen molar-refractivity contribution in [1.29, 1.82) is 0 Å². The lowest BCUT2D eigenvalue weighted by Gasteiger charge is -2.04. The monoisotopic (exact) mass is 337 g/mol. The molecule has 25 heavy (non-hydrogen) atoms. The SMILES string of the molecule is C=CCOc1cccc(/C=N\NC(=O)C(=O)NCc2ccccc2)c1. The van der Waals surface area contributed by atoms with Gasteiger partial charge in [0.1, 0.15) is 12.4 Å². The molecule has 0 aliphatic rings. The molecule has 0 fully saturated rings. The van der Waals surface area contributed by atoms with E-state index in [-0.39, 0.29) is 6.54 Å². The Morgan fingerprint density at radius 1 is 1.08 bits per heavy atom. The number of carbonyl (C=O) groups is 2. The highest BCUT2D eigenvalue weighted by molar-refractivity contribution is 6.35. The fourth-order valence-electron chi connectivity index (χ4n) is 1.91. The van der Waals surface area contributed by atoms with E-state index in [9.17, 15) is 9.59 Å². The molecule has 0 saturated heterocycles. The van der Waals surface area contributed by atoms with Gasteiger partial charge in [-0.05, 0) is 23.3 Å². The first kappa shape index (κ1) is 17.9. The Hall–Kier alpha value is -3.41. The molecule has 0 aliphatic heterocycles. The third-order valence-electron chi connectivity index (χ3n) is 3.11. The zero-order valence-electron chi connectivity index (χ0n) is 13.6. The van der Waals surface area contributed by atoms with Gasteiger partial charge in [-0.3, -0.25) is 9.59 Å². The molecule has 2 aromatic carbocycles. The molecule has 0 radical (unpaired) electrons. The van der Waals surface area contributed by atoms with E-state index in [0.717, 1.165) is 11.1 Å². The second-order valence-corrected chi connectivity index (χ2v) is 5.04. The van der Waals surface area contributed by atoms with Crippen molar-refractivity contribution in [2.75, 3.05) is 6.61 Å². The molecule has 0 aliphatic carbocycles. The summed E-state index contributed by atoms with van der Waals surface area (Å²) in [5, 5.41) is 6.30. The predicted octanol–water partition coefficient (Wildman–Crippen LogP) is 2.02. The van der Waals surface area contributed by atoms with Crippen LogP contribution in [0.4, 0.5) is 0 Å². The Bertz CT molecular complexity index is 758. The summed E-state index contributed by atoms with van der Waals surface area (Å²) in [5.74, 6) is -0.911. The molecule has 0 saturated carbocycles. The Labute approximate surface area is 146 Å². The van der Waals surface area contributed by atoms with Crippen LogP contribution in [-0.2, 0) is 16.1 Å². The van der Waals surface area contributed by atoms with Crippen LogP contribution < -0.4 is 15.5 Å². The fourth-order valence-corrected chi connectivity index (χ4v) is 1.91. The van der Waals surface area contributed by atoms with Crippen molar-refractivity contribution in [3.63, 3.8) is 0 Å². The van der Waals surface area contributed by atoms with Gasteiger partial charge in [0, 0.05) is 6.54 Å². The topological polar surface area (TPSA) is 79.8 Å². The summed E-state index contributed by atoms with van der Waals surface area (Å²) in [6.45, 7) is 4.26. The molecule has 0 spiro atoms. The maximum atomic E-state index is 11.7. The van der Waals surface area contributed by atoms with E-state index in [1.54, 1.807) is 30.3 Å². The van der Waals surface area contributed by atoms with Crippen molar-refractivity contribution < 1.29 is 14.3 Å². The van der Waals surface area contributed by atoms with Gasteiger partial charge in [0.15, 0.2) is 0 Å². The highest BCUT2D eigenvalue weighted by Crippen LogP contribution is 2.11. The number of carbonyl (C=O) groups excluding carboxylic acids is 2. The maximum Gasteiger partial charge on any atom is 0.329 e. The molecule has 128 valence electrons. The lowest BCUT2D eigenvalue weighted by molar-refractivity contribution is -0.139. The lowest BCUT2D eigenvalue weighted by atomic mass is 10.2. The van der Waals surface area contributed by atoms with Gasteiger partial charge in [0.2, 0.25) is 0 Å². The third kappa shape index (κ3) is 6.31. The summed E-state index contributed by atoms with van der Waals surface area (Å²) >= 11 is 0. The molecular weight excluding hydrogens is 318 g/mol. The van der Waals surface area contributed by atoms with Gasteiger partial charge >= 0.3 is 11.8 Å². The summed E-state index contributed by atoms with van der Waals surface area (Å²) in [6, 6.07) is 16.5. The Morgan fingerprint density at radius 2 is 1.88 bits per heavy atom. The molecule has 0 bridgehead atoms. The first-order chi connectivity index (χ1) is 12.2. The van der Waals surface area contributed by atoms with Crippen molar-refractivity contribution in [2.24, 2.45) is 5.10 Å². The van der Waals surface area contributed by atoms with Crippen LogP contribution in [0.1, 0.15) is 11.1 Å². The molecule has 0 aromatic heterocycles. The lowest BCUT2D eigenvalue weighted by Crippen LogP contribution is -2.37. The van der Waals surface area contributed by atoms with Crippen molar-refractivity contribution in [3.05, 3.63) is 78.4 Å². The maximum absolute atomic E-state index is 11.7. The molecule has 6 nitrogen and oxygen atoms in total. The Balaban J connectivity index is 1.81. The molecule has 2 rings (SSSR count). The smallest absolute Gasteiger partial charge is 0.329 e. The van der Waals surface area contributed by atoms with E-state index in [2.05, 4.69) is 22.4 Å². The first-order valence-electron chi connectivity index (χ1n) is 7.68. The van der Waals surface area contributed by atoms with Gasteiger partial charge in [-0.25, -0.2) is 5.43 Å². The standard InChI is InChI=1S/C19H19N3O3/c1-2-11-25-17-10-6-9-16(12-17)14-21-22-19(24)18(23)20-13-15-7-4-3-5-8-15/h2-10,12,14H,1,11,13H2,(H,20,23)(H,22,24)/b21-14-. The summed E-state index contributed by atoms with van der Waals surface area (Å²) in [7, 11) is 0. The average Bonchev–Trinajstić information content (AvgIpc) is 2.65. The van der Waals surface area contributed by atoms with E-state index in [4.69, 9.17) is 4.74 Å². The number of benzene rings is 2. The molecule has 0 unspecified atom stereocenters. The number of hydrogen-bond donors (Lipinski definition) is 2. The van der Waals surface area contributed by atoms with Gasteiger partial charge in [0.25, 0.3) is 0 Å². The minimum absolute atomic E-state index is 0.277. The van der Waals surface area contributed by atoms with Gasteiger partial charge in [0.05, 0.1) is 6.21 Å². The Morgan fingerprint density at radius 3 is 2.64 bits per heavy atom. The molecule has 2 aromatic rings. The zero-order valence-corrected chi connectivity index (χ0v) is 13.6. The minimum Gasteiger partial charge on any atom is -0.490 e. The number of rotatable bonds is 7. The second kappa shape index (κ2) is 9.67. The normalized spacial score (nSPS) is 10.2. The third-order valence-corrected chi connectivity index (χ3v) is 3.11. The van der Waals surface area contributed by atoms with Crippen LogP contribution in [0.3, 0.4) is 0 Å². The van der Waals surface area contributed by atoms with Crippen molar-refractivity contribution >= 4 is 18.0 Å². The fraction of sp³-hybridized carbons (Fsp3) is 0.105. The van der Waals surface area contributed by atoms with Gasteiger partial charge in [-0.15, -0.1) is 0 Å². The van der Waals surface area contributed by atoms with E-state index >= 15 is 0 Å². The minimum atomic E-state index is -0.828. The van der Waals surface area contributed by atoms with E-state index in [1.807, 2.05) is 30.3 Å². The quantitative estimate of drug-likeness (QED) is 0.351. The molecule has 0 atom stereocenters. The van der Waals surface area contributed by atoms with Crippen LogP contribution in [0, 0.1) is 0 Å². The van der Waals surface area contributed by atoms with E-state index in [1.165, 1.54) is 6.21 Å². The summed E-state index contributed by atoms with van der Waals surface area (Å²) in [6.07, 6.45) is 3.08. The van der Waals surface area contributed by atoms with Crippen LogP contribution >= 0.6 is 0 Å². The van der Waals surface area contributed by atoms with Crippen LogP contribution in [0.25, 0.3) is 0 Å². The number of hydrazone groups is 1. The summed E-state index contributed by atoms with van der Waals surface area (Å²) in [5.41, 5.74) is 3.83. The largest absolute Gasteiger partial charge is 0.490 e. The molecule has 2 amide bonds. The summed E-state index contributed by atoms with van der Waals surface area (Å²) in [4.78, 5) is 23.4. The highest BCUT2D eigenvalue weighted by atomic mass is 16.5. The Kier molecular flexibility index (Phi) is 6.94. The van der Waals surface area contributed by atoms with Gasteiger partial charge in [-0.1, -0.05) is 55.1 Å². The molecular formula is C19H19N3O3. The number of ether oxygens (including phenoxy) is 1. The van der Waals surface area contributed by atoms with E-state index in [0.29, 0.717) is 12.4 Å². The predicted molar refractivity (Wildman–Crippen MR) is 96.2 cm³/mol. The molecule has 0 heterocycles. The van der Waals surface area contributed by atoms with Crippen LogP contribution in [0.2, 0.25) is 0 Å². The van der Waals surface area contributed by atoms with Crippen molar-refractivity contribution in [3.8, 4) is 5.75 Å². The summed E-state index contributed by atoms with van der Waals surface area (Å²) < 4.78 is 5.40. The number of amides is 2. The number of hydrogen-bond acceptors (Lipinski definition) is 4. The number of nitrogens with zero attached hydrogens (tertiary/aromatic N) is 1. The number of nitrogens with one attached hydrogen (secondary N) is 2. The van der Waals surface area contributed by atoms with E-state index < -0.39 is 11.8 Å². The molecule has 6 heteroatoms. The molecule has 2 N–H and O–H groups in total. The highest BCUT2D eigenvalue weighted by Gasteiger charge is 2.11. The average molecular weight is 337 g/mol. The van der Waals surface area contributed by atoms with Crippen LogP contribution in [0.5, 0.6) is 5.75 Å². The van der Waals surface area contributed by atoms with Gasteiger partial charge < -0.3 is 10.1 Å². The first-order valence-corrected chi connectivity index (χ1v) is 7.68. The van der Waals surface area contributed by atoms with Crippen LogP contribution in [0.15, 0.2) is 72.4 Å². The van der Waals surface area contributed by atoms with Gasteiger partial charge in [-0.2, -0.15) is 5.10 Å². The zero-order chi connectivity index (χ0) is 17.9. The second-order valence-electron chi connectivity index (χ2n) is 5.04. The van der Waals surface area contributed by atoms with Crippen molar-refractivity contribution in [2.45, 2.75) is 6.54 Å².